The van der Waals surface area contributed by atoms with Crippen LogP contribution in [0, 0.1) is 10.1 Å². The monoisotopic (exact) mass is 459 g/mol. The Bertz CT molecular complexity index is 1120. The van der Waals surface area contributed by atoms with Crippen molar-refractivity contribution in [1.82, 2.24) is 15.0 Å². The van der Waals surface area contributed by atoms with Crippen molar-refractivity contribution in [2.75, 3.05) is 41.3 Å². The maximum Gasteiger partial charge on any atom is 0.416 e. The van der Waals surface area contributed by atoms with Crippen LogP contribution in [0.5, 0.6) is 0 Å². The minimum atomic E-state index is -4.47. The number of hydrogen-bond donors (Lipinski definition) is 1. The van der Waals surface area contributed by atoms with E-state index < -0.39 is 16.7 Å². The Balaban J connectivity index is 1.50. The molecular formula is C21H20F3N7O2. The molecular weight excluding hydrogens is 439 g/mol. The Morgan fingerprint density at radius 2 is 1.76 bits per heavy atom. The SMILES string of the molecule is O=[N+]([O-])c1c(NCc2cccc(C(F)(F)F)c2)ncnc1N1CCN(c2ccccn2)CC1. The van der Waals surface area contributed by atoms with Gasteiger partial charge in [0, 0.05) is 38.9 Å². The van der Waals surface area contributed by atoms with Crippen LogP contribution in [-0.4, -0.2) is 46.1 Å². The number of piperazine rings is 1. The van der Waals surface area contributed by atoms with E-state index in [2.05, 4.69) is 25.2 Å². The van der Waals surface area contributed by atoms with Gasteiger partial charge in [-0.05, 0) is 29.8 Å². The number of pyridine rings is 1. The molecule has 0 saturated carbocycles. The predicted molar refractivity (Wildman–Crippen MR) is 116 cm³/mol. The van der Waals surface area contributed by atoms with Gasteiger partial charge in [-0.25, -0.2) is 15.0 Å². The summed E-state index contributed by atoms with van der Waals surface area (Å²) in [6, 6.07) is 10.4. The summed E-state index contributed by atoms with van der Waals surface area (Å²) in [4.78, 5) is 27.6. The standard InChI is InChI=1S/C21H20F3N7O2/c22-21(23,24)16-5-3-4-15(12-16)13-26-19-18(31(32)33)20(28-14-27-19)30-10-8-29(9-11-30)17-6-1-2-7-25-17/h1-7,12,14H,8-11,13H2,(H,26,27,28). The summed E-state index contributed by atoms with van der Waals surface area (Å²) in [7, 11) is 0. The molecule has 3 aromatic rings. The second-order valence-electron chi connectivity index (χ2n) is 7.37. The Hall–Kier alpha value is -3.96. The maximum absolute atomic E-state index is 13.0. The molecule has 0 spiro atoms. The molecule has 1 aromatic carbocycles. The molecule has 9 nitrogen and oxygen atoms in total. The van der Waals surface area contributed by atoms with E-state index in [4.69, 9.17) is 0 Å². The largest absolute Gasteiger partial charge is 0.416 e. The van der Waals surface area contributed by atoms with Crippen molar-refractivity contribution in [3.05, 3.63) is 76.2 Å². The fraction of sp³-hybridized carbons (Fsp3) is 0.286. The highest BCUT2D eigenvalue weighted by molar-refractivity contribution is 5.70. The van der Waals surface area contributed by atoms with E-state index in [0.29, 0.717) is 31.7 Å². The number of nitrogens with zero attached hydrogens (tertiary/aromatic N) is 6. The van der Waals surface area contributed by atoms with Crippen molar-refractivity contribution in [3.63, 3.8) is 0 Å². The topological polar surface area (TPSA) is 100 Å². The summed E-state index contributed by atoms with van der Waals surface area (Å²) in [5.41, 5.74) is -0.774. The van der Waals surface area contributed by atoms with Gasteiger partial charge in [0.15, 0.2) is 0 Å². The molecule has 1 aliphatic rings. The molecule has 0 unspecified atom stereocenters. The zero-order chi connectivity index (χ0) is 23.4. The van der Waals surface area contributed by atoms with Crippen LogP contribution >= 0.6 is 0 Å². The van der Waals surface area contributed by atoms with Crippen LogP contribution in [0.25, 0.3) is 0 Å². The average molecular weight is 459 g/mol. The van der Waals surface area contributed by atoms with E-state index in [0.717, 1.165) is 18.0 Å². The molecule has 3 heterocycles. The molecule has 1 fully saturated rings. The Morgan fingerprint density at radius 1 is 1.00 bits per heavy atom. The van der Waals surface area contributed by atoms with Crippen LogP contribution in [-0.2, 0) is 12.7 Å². The van der Waals surface area contributed by atoms with Crippen LogP contribution in [0.1, 0.15) is 11.1 Å². The van der Waals surface area contributed by atoms with Gasteiger partial charge in [0.25, 0.3) is 0 Å². The first-order chi connectivity index (χ1) is 15.8. The van der Waals surface area contributed by atoms with Crippen LogP contribution in [0.4, 0.5) is 36.3 Å². The van der Waals surface area contributed by atoms with Gasteiger partial charge in [0.05, 0.1) is 10.5 Å². The molecule has 1 N–H and O–H groups in total. The van der Waals surface area contributed by atoms with Crippen LogP contribution in [0.2, 0.25) is 0 Å². The molecule has 0 amide bonds. The first-order valence-electron chi connectivity index (χ1n) is 10.1. The third-order valence-electron chi connectivity index (χ3n) is 5.25. The number of anilines is 3. The number of hydrogen-bond acceptors (Lipinski definition) is 8. The van der Waals surface area contributed by atoms with Crippen LogP contribution < -0.4 is 15.1 Å². The minimum Gasteiger partial charge on any atom is -0.360 e. The third kappa shape index (κ3) is 5.10. The molecule has 0 bridgehead atoms. The van der Waals surface area contributed by atoms with Crippen molar-refractivity contribution >= 4 is 23.1 Å². The number of nitro groups is 1. The van der Waals surface area contributed by atoms with Crippen LogP contribution in [0.15, 0.2) is 55.0 Å². The van der Waals surface area contributed by atoms with E-state index in [1.54, 1.807) is 11.1 Å². The summed E-state index contributed by atoms with van der Waals surface area (Å²) < 4.78 is 38.9. The molecule has 172 valence electrons. The first-order valence-corrected chi connectivity index (χ1v) is 10.1. The number of alkyl halides is 3. The number of aromatic nitrogens is 3. The minimum absolute atomic E-state index is 0.0467. The van der Waals surface area contributed by atoms with Crippen molar-refractivity contribution < 1.29 is 18.1 Å². The summed E-state index contributed by atoms with van der Waals surface area (Å²) in [5, 5.41) is 14.7. The summed E-state index contributed by atoms with van der Waals surface area (Å²) in [6.45, 7) is 2.12. The highest BCUT2D eigenvalue weighted by Gasteiger charge is 2.31. The van der Waals surface area contributed by atoms with Crippen molar-refractivity contribution in [2.24, 2.45) is 0 Å². The lowest BCUT2D eigenvalue weighted by molar-refractivity contribution is -0.383. The van der Waals surface area contributed by atoms with E-state index in [9.17, 15) is 23.3 Å². The van der Waals surface area contributed by atoms with E-state index in [1.807, 2.05) is 18.2 Å². The second-order valence-corrected chi connectivity index (χ2v) is 7.37. The highest BCUT2D eigenvalue weighted by Crippen LogP contribution is 2.33. The Kier molecular flexibility index (Phi) is 6.24. The van der Waals surface area contributed by atoms with Gasteiger partial charge < -0.3 is 15.1 Å². The van der Waals surface area contributed by atoms with E-state index in [1.165, 1.54) is 18.5 Å². The zero-order valence-electron chi connectivity index (χ0n) is 17.4. The fourth-order valence-corrected chi connectivity index (χ4v) is 3.63. The third-order valence-corrected chi connectivity index (χ3v) is 5.25. The molecule has 0 radical (unpaired) electrons. The normalized spacial score (nSPS) is 14.3. The second kappa shape index (κ2) is 9.27. The van der Waals surface area contributed by atoms with Gasteiger partial charge in [-0.2, -0.15) is 13.2 Å². The van der Waals surface area contributed by atoms with Crippen molar-refractivity contribution in [3.8, 4) is 0 Å². The van der Waals surface area contributed by atoms with Gasteiger partial charge in [0.1, 0.15) is 12.1 Å². The van der Waals surface area contributed by atoms with Gasteiger partial charge in [-0.3, -0.25) is 10.1 Å². The molecule has 33 heavy (non-hydrogen) atoms. The molecule has 1 saturated heterocycles. The molecule has 0 aliphatic carbocycles. The summed E-state index contributed by atoms with van der Waals surface area (Å²) in [5.74, 6) is 0.953. The predicted octanol–water partition coefficient (Wildman–Crippen LogP) is 3.74. The lowest BCUT2D eigenvalue weighted by Gasteiger charge is -2.35. The van der Waals surface area contributed by atoms with Crippen molar-refractivity contribution in [1.29, 1.82) is 0 Å². The van der Waals surface area contributed by atoms with Gasteiger partial charge in [-0.1, -0.05) is 18.2 Å². The Labute approximate surface area is 187 Å². The van der Waals surface area contributed by atoms with Gasteiger partial charge in [-0.15, -0.1) is 0 Å². The maximum atomic E-state index is 13.0. The summed E-state index contributed by atoms with van der Waals surface area (Å²) in [6.07, 6.45) is -1.55. The zero-order valence-corrected chi connectivity index (χ0v) is 17.4. The molecule has 0 atom stereocenters. The molecule has 12 heteroatoms. The lowest BCUT2D eigenvalue weighted by atomic mass is 10.1. The average Bonchev–Trinajstić information content (AvgIpc) is 2.82. The molecule has 2 aromatic heterocycles. The van der Waals surface area contributed by atoms with Gasteiger partial charge in [0.2, 0.25) is 11.6 Å². The number of nitrogens with one attached hydrogen (secondary N) is 1. The first kappa shape index (κ1) is 22.2. The van der Waals surface area contributed by atoms with E-state index >= 15 is 0 Å². The Morgan fingerprint density at radius 3 is 2.42 bits per heavy atom. The molecule has 4 rings (SSSR count). The smallest absolute Gasteiger partial charge is 0.360 e. The lowest BCUT2D eigenvalue weighted by Crippen LogP contribution is -2.47. The number of benzene rings is 1. The fourth-order valence-electron chi connectivity index (χ4n) is 3.63. The quantitative estimate of drug-likeness (QED) is 0.440. The molecule has 1 aliphatic heterocycles. The van der Waals surface area contributed by atoms with Crippen molar-refractivity contribution in [2.45, 2.75) is 12.7 Å². The number of rotatable bonds is 6. The number of halogens is 3. The van der Waals surface area contributed by atoms with E-state index in [-0.39, 0.29) is 23.9 Å². The van der Waals surface area contributed by atoms with Crippen LogP contribution in [0.3, 0.4) is 0 Å². The van der Waals surface area contributed by atoms with Gasteiger partial charge >= 0.3 is 11.9 Å². The summed E-state index contributed by atoms with van der Waals surface area (Å²) >= 11 is 0. The highest BCUT2D eigenvalue weighted by atomic mass is 19.4.